The van der Waals surface area contributed by atoms with Gasteiger partial charge in [0, 0.05) is 74.6 Å². The lowest BCUT2D eigenvalue weighted by Gasteiger charge is -2.35. The number of hydrogen-bond donors (Lipinski definition) is 2. The molecule has 9 nitrogen and oxygen atoms in total. The summed E-state index contributed by atoms with van der Waals surface area (Å²) in [6.45, 7) is 5.97. The lowest BCUT2D eigenvalue weighted by Crippen LogP contribution is -2.49. The molecule has 4 aromatic rings. The zero-order valence-corrected chi connectivity index (χ0v) is 25.5. The van der Waals surface area contributed by atoms with E-state index in [-0.39, 0.29) is 11.8 Å². The molecule has 1 saturated heterocycles. The largest absolute Gasteiger partial charge is 0.365 e. The third kappa shape index (κ3) is 8.08. The first-order chi connectivity index (χ1) is 21.4. The fourth-order valence-electron chi connectivity index (χ4n) is 4.99. The van der Waals surface area contributed by atoms with Crippen LogP contribution in [0.1, 0.15) is 21.5 Å². The van der Waals surface area contributed by atoms with Crippen molar-refractivity contribution in [3.8, 4) is 11.1 Å². The number of nitrogens with one attached hydrogen (secondary N) is 2. The van der Waals surface area contributed by atoms with Gasteiger partial charge in [-0.1, -0.05) is 35.9 Å². The molecule has 0 aliphatic carbocycles. The fourth-order valence-corrected chi connectivity index (χ4v) is 4.99. The van der Waals surface area contributed by atoms with Gasteiger partial charge in [0.25, 0.3) is 5.91 Å². The molecule has 44 heavy (non-hydrogen) atoms. The second-order valence-electron chi connectivity index (χ2n) is 11.2. The van der Waals surface area contributed by atoms with Crippen molar-refractivity contribution >= 4 is 29.1 Å². The predicted molar refractivity (Wildman–Crippen MR) is 177 cm³/mol. The van der Waals surface area contributed by atoms with Gasteiger partial charge in [-0.05, 0) is 80.7 Å². The number of hydrogen-bond acceptors (Lipinski definition) is 7. The number of anilines is 3. The molecule has 2 aromatic carbocycles. The van der Waals surface area contributed by atoms with Crippen molar-refractivity contribution < 1.29 is 9.59 Å². The number of amides is 2. The molecule has 0 unspecified atom stereocenters. The maximum absolute atomic E-state index is 13.3. The van der Waals surface area contributed by atoms with Crippen LogP contribution in [0.2, 0.25) is 0 Å². The van der Waals surface area contributed by atoms with Crippen LogP contribution in [-0.4, -0.2) is 78.4 Å². The SMILES string of the molecule is Cc1ccc(CNc2nc(N3CCN(C(=O)c4ccc(NC(=O)/C=C/CN(C)C)cc4)CC3)ccc2-c2ccncc2)cc1. The first-order valence-corrected chi connectivity index (χ1v) is 14.8. The Labute approximate surface area is 259 Å². The molecule has 1 aliphatic rings. The molecule has 2 aromatic heterocycles. The lowest BCUT2D eigenvalue weighted by atomic mass is 10.1. The number of piperazine rings is 1. The Hall–Kier alpha value is -5.02. The summed E-state index contributed by atoms with van der Waals surface area (Å²) in [6.07, 6.45) is 6.90. The smallest absolute Gasteiger partial charge is 0.253 e. The van der Waals surface area contributed by atoms with Gasteiger partial charge in [-0.3, -0.25) is 14.6 Å². The summed E-state index contributed by atoms with van der Waals surface area (Å²) >= 11 is 0. The zero-order chi connectivity index (χ0) is 30.9. The molecule has 2 N–H and O–H groups in total. The summed E-state index contributed by atoms with van der Waals surface area (Å²) in [6, 6.07) is 23.7. The molecule has 0 saturated carbocycles. The molecule has 0 atom stereocenters. The van der Waals surface area contributed by atoms with Crippen LogP contribution in [0.5, 0.6) is 0 Å². The minimum absolute atomic E-state index is 0.0187. The van der Waals surface area contributed by atoms with E-state index in [0.717, 1.165) is 22.8 Å². The Morgan fingerprint density at radius 3 is 2.27 bits per heavy atom. The van der Waals surface area contributed by atoms with E-state index < -0.39 is 0 Å². The van der Waals surface area contributed by atoms with Crippen LogP contribution in [0.15, 0.2) is 97.3 Å². The average molecular weight is 590 g/mol. The quantitative estimate of drug-likeness (QED) is 0.249. The highest BCUT2D eigenvalue weighted by Gasteiger charge is 2.23. The van der Waals surface area contributed by atoms with Crippen LogP contribution in [0.3, 0.4) is 0 Å². The number of aromatic nitrogens is 2. The van der Waals surface area contributed by atoms with Crippen LogP contribution in [0.4, 0.5) is 17.3 Å². The van der Waals surface area contributed by atoms with Gasteiger partial charge in [-0.2, -0.15) is 0 Å². The number of nitrogens with zero attached hydrogens (tertiary/aromatic N) is 5. The van der Waals surface area contributed by atoms with Crippen molar-refractivity contribution in [3.63, 3.8) is 0 Å². The van der Waals surface area contributed by atoms with Crippen LogP contribution in [0, 0.1) is 6.92 Å². The van der Waals surface area contributed by atoms with Crippen molar-refractivity contribution in [2.45, 2.75) is 13.5 Å². The Kier molecular flexibility index (Phi) is 9.99. The van der Waals surface area contributed by atoms with Crippen molar-refractivity contribution in [1.29, 1.82) is 0 Å². The van der Waals surface area contributed by atoms with E-state index >= 15 is 0 Å². The van der Waals surface area contributed by atoms with E-state index in [1.807, 2.05) is 42.1 Å². The monoisotopic (exact) mass is 589 g/mol. The van der Waals surface area contributed by atoms with E-state index in [1.165, 1.54) is 17.2 Å². The second kappa shape index (κ2) is 14.4. The molecule has 0 bridgehead atoms. The van der Waals surface area contributed by atoms with Gasteiger partial charge < -0.3 is 25.3 Å². The second-order valence-corrected chi connectivity index (χ2v) is 11.2. The summed E-state index contributed by atoms with van der Waals surface area (Å²) in [5.74, 6) is 1.47. The third-order valence-electron chi connectivity index (χ3n) is 7.48. The van der Waals surface area contributed by atoms with Gasteiger partial charge in [0.2, 0.25) is 5.91 Å². The number of carbonyl (C=O) groups excluding carboxylic acids is 2. The predicted octanol–water partition coefficient (Wildman–Crippen LogP) is 5.08. The fraction of sp³-hybridized carbons (Fsp3) is 0.257. The Bertz CT molecular complexity index is 1580. The molecule has 0 radical (unpaired) electrons. The summed E-state index contributed by atoms with van der Waals surface area (Å²) in [5, 5.41) is 6.39. The van der Waals surface area contributed by atoms with Gasteiger partial charge >= 0.3 is 0 Å². The van der Waals surface area contributed by atoms with E-state index in [9.17, 15) is 9.59 Å². The van der Waals surface area contributed by atoms with Crippen LogP contribution >= 0.6 is 0 Å². The van der Waals surface area contributed by atoms with Gasteiger partial charge in [-0.15, -0.1) is 0 Å². The molecule has 0 spiro atoms. The van der Waals surface area contributed by atoms with Gasteiger partial charge in [-0.25, -0.2) is 4.98 Å². The third-order valence-corrected chi connectivity index (χ3v) is 7.48. The summed E-state index contributed by atoms with van der Waals surface area (Å²) in [5.41, 5.74) is 5.73. The normalized spacial score (nSPS) is 13.4. The standard InChI is InChI=1S/C35H39N7O2/c1-26-6-8-27(9-7-26)25-37-34-31(28-16-18-36-19-17-28)14-15-32(39-34)41-21-23-42(24-22-41)35(44)29-10-12-30(13-11-29)38-33(43)5-4-20-40(2)3/h4-19H,20-25H2,1-3H3,(H,37,39)(H,38,43)/b5-4+. The molecule has 1 fully saturated rings. The van der Waals surface area contributed by atoms with E-state index in [4.69, 9.17) is 4.98 Å². The molecule has 3 heterocycles. The summed E-state index contributed by atoms with van der Waals surface area (Å²) < 4.78 is 0. The van der Waals surface area contributed by atoms with Crippen LogP contribution in [0.25, 0.3) is 11.1 Å². The number of likely N-dealkylation sites (N-methyl/N-ethyl adjacent to an activating group) is 1. The molecular weight excluding hydrogens is 550 g/mol. The Balaban J connectivity index is 1.21. The zero-order valence-electron chi connectivity index (χ0n) is 25.5. The number of pyridine rings is 2. The number of aryl methyl sites for hydroxylation is 1. The molecular formula is C35H39N7O2. The van der Waals surface area contributed by atoms with Gasteiger partial charge in [0.15, 0.2) is 0 Å². The Morgan fingerprint density at radius 2 is 1.59 bits per heavy atom. The van der Waals surface area contributed by atoms with Crippen LogP contribution in [-0.2, 0) is 11.3 Å². The van der Waals surface area contributed by atoms with E-state index in [1.54, 1.807) is 42.7 Å². The average Bonchev–Trinajstić information content (AvgIpc) is 3.05. The molecule has 1 aliphatic heterocycles. The maximum atomic E-state index is 13.3. The lowest BCUT2D eigenvalue weighted by molar-refractivity contribution is -0.111. The van der Waals surface area contributed by atoms with E-state index in [0.29, 0.717) is 50.5 Å². The Morgan fingerprint density at radius 1 is 0.886 bits per heavy atom. The van der Waals surface area contributed by atoms with Crippen LogP contribution < -0.4 is 15.5 Å². The topological polar surface area (TPSA) is 93.7 Å². The van der Waals surface area contributed by atoms with Crippen molar-refractivity contribution in [2.24, 2.45) is 0 Å². The molecule has 2 amide bonds. The molecule has 226 valence electrons. The first kappa shape index (κ1) is 30.4. The van der Waals surface area contributed by atoms with Gasteiger partial charge in [0.05, 0.1) is 0 Å². The summed E-state index contributed by atoms with van der Waals surface area (Å²) in [4.78, 5) is 40.7. The minimum atomic E-state index is -0.196. The van der Waals surface area contributed by atoms with Gasteiger partial charge in [0.1, 0.15) is 11.6 Å². The highest BCUT2D eigenvalue weighted by Crippen LogP contribution is 2.30. The van der Waals surface area contributed by atoms with E-state index in [2.05, 4.69) is 57.8 Å². The van der Waals surface area contributed by atoms with Crippen molar-refractivity contribution in [3.05, 3.63) is 114 Å². The molecule has 9 heteroatoms. The summed E-state index contributed by atoms with van der Waals surface area (Å²) in [7, 11) is 3.89. The maximum Gasteiger partial charge on any atom is 0.253 e. The molecule has 5 rings (SSSR count). The minimum Gasteiger partial charge on any atom is -0.365 e. The first-order valence-electron chi connectivity index (χ1n) is 14.8. The number of benzene rings is 2. The van der Waals surface area contributed by atoms with Crippen molar-refractivity contribution in [2.75, 3.05) is 62.4 Å². The number of rotatable bonds is 10. The number of carbonyl (C=O) groups is 2. The highest BCUT2D eigenvalue weighted by molar-refractivity contribution is 6.00. The highest BCUT2D eigenvalue weighted by atomic mass is 16.2. The van der Waals surface area contributed by atoms with Crippen molar-refractivity contribution in [1.82, 2.24) is 19.8 Å².